The standard InChI is InChI=1S/C4H9F5N3P3/c1-2-3-4-13(5)10-14(6,7)12-15(8,9)11-13/h2-4H2,1H3. The molecule has 1 unspecified atom stereocenters. The summed E-state index contributed by atoms with van der Waals surface area (Å²) in [5, 5.41) is 0. The first kappa shape index (κ1) is 13.4. The third kappa shape index (κ3) is 4.01. The maximum Gasteiger partial charge on any atom is 0.423 e. The molecular formula is C4H9F5N3P3. The molecule has 1 aliphatic heterocycles. The third-order valence-electron chi connectivity index (χ3n) is 1.50. The van der Waals surface area contributed by atoms with Gasteiger partial charge in [0.2, 0.25) is 0 Å². The highest BCUT2D eigenvalue weighted by Gasteiger charge is 2.38. The molecule has 1 heterocycles. The molecule has 3 nitrogen and oxygen atoms in total. The van der Waals surface area contributed by atoms with Gasteiger partial charge in [-0.1, -0.05) is 13.3 Å². The predicted molar refractivity (Wildman–Crippen MR) is 53.4 cm³/mol. The quantitative estimate of drug-likeness (QED) is 0.415. The molecule has 0 radical (unpaired) electrons. The lowest BCUT2D eigenvalue weighted by Gasteiger charge is -2.16. The van der Waals surface area contributed by atoms with Crippen molar-refractivity contribution < 1.29 is 21.0 Å². The van der Waals surface area contributed by atoms with Crippen molar-refractivity contribution in [2.45, 2.75) is 19.8 Å². The number of nitrogens with zero attached hydrogens (tertiary/aromatic N) is 3. The molecule has 0 N–H and O–H groups in total. The molecule has 0 aromatic heterocycles. The van der Waals surface area contributed by atoms with Crippen molar-refractivity contribution in [2.75, 3.05) is 6.16 Å². The number of halogens is 5. The van der Waals surface area contributed by atoms with Crippen LogP contribution >= 0.6 is 23.2 Å². The van der Waals surface area contributed by atoms with Gasteiger partial charge in [0.05, 0.1) is 0 Å². The zero-order valence-electron chi connectivity index (χ0n) is 7.69. The fourth-order valence-electron chi connectivity index (χ4n) is 0.962. The van der Waals surface area contributed by atoms with Crippen LogP contribution in [0.2, 0.25) is 0 Å². The Labute approximate surface area is 84.4 Å². The van der Waals surface area contributed by atoms with E-state index in [1.54, 1.807) is 6.92 Å². The van der Waals surface area contributed by atoms with Gasteiger partial charge in [-0.3, -0.25) is 0 Å². The van der Waals surface area contributed by atoms with Crippen molar-refractivity contribution in [1.29, 1.82) is 0 Å². The second-order valence-corrected chi connectivity index (χ2v) is 8.60. The second-order valence-electron chi connectivity index (χ2n) is 2.90. The average molecular weight is 287 g/mol. The zero-order valence-corrected chi connectivity index (χ0v) is 10.4. The maximum absolute atomic E-state index is 13.6. The Hall–Kier alpha value is 0.340. The van der Waals surface area contributed by atoms with Crippen LogP contribution in [0.5, 0.6) is 0 Å². The van der Waals surface area contributed by atoms with Crippen LogP contribution in [0.4, 0.5) is 21.0 Å². The van der Waals surface area contributed by atoms with Crippen LogP contribution in [0.1, 0.15) is 19.8 Å². The SMILES string of the molecule is CCCCP1(F)=NP(F)(F)=NP(F)(F)=N1. The van der Waals surface area contributed by atoms with Gasteiger partial charge in [0.25, 0.3) is 7.52 Å². The number of hydrogen-bond donors (Lipinski definition) is 0. The zero-order chi connectivity index (χ0) is 11.7. The van der Waals surface area contributed by atoms with E-state index < -0.39 is 29.3 Å². The largest absolute Gasteiger partial charge is 0.423 e. The highest BCUT2D eigenvalue weighted by atomic mass is 31.3. The monoisotopic (exact) mass is 287 g/mol. The Balaban J connectivity index is 3.18. The molecule has 0 aromatic rings. The minimum atomic E-state index is -5.49. The van der Waals surface area contributed by atoms with Crippen molar-refractivity contribution >= 4 is 23.2 Å². The smallest absolute Gasteiger partial charge is 0.183 e. The highest BCUT2D eigenvalue weighted by Crippen LogP contribution is 2.81. The summed E-state index contributed by atoms with van der Waals surface area (Å²) in [6, 6.07) is 0. The van der Waals surface area contributed by atoms with E-state index in [1.807, 2.05) is 4.52 Å². The summed E-state index contributed by atoms with van der Waals surface area (Å²) in [6.45, 7) is 1.70. The highest BCUT2D eigenvalue weighted by molar-refractivity contribution is 7.79. The lowest BCUT2D eigenvalue weighted by Crippen LogP contribution is -1.83. The van der Waals surface area contributed by atoms with Gasteiger partial charge in [0.15, 0.2) is 0 Å². The molecule has 0 fully saturated rings. The first-order valence-corrected chi connectivity index (χ1v) is 8.79. The van der Waals surface area contributed by atoms with E-state index in [4.69, 9.17) is 0 Å². The third-order valence-corrected chi connectivity index (χ3v) is 8.02. The van der Waals surface area contributed by atoms with Gasteiger partial charge in [-0.15, -0.1) is 21.3 Å². The van der Waals surface area contributed by atoms with Gasteiger partial charge in [-0.25, -0.2) is 0 Å². The summed E-state index contributed by atoms with van der Waals surface area (Å²) in [6.07, 6.45) is 0.309. The lowest BCUT2D eigenvalue weighted by molar-refractivity contribution is 0.695. The van der Waals surface area contributed by atoms with E-state index in [0.29, 0.717) is 6.42 Å². The summed E-state index contributed by atoms with van der Waals surface area (Å²) >= 11 is 0. The van der Waals surface area contributed by atoms with Crippen LogP contribution in [0.25, 0.3) is 0 Å². The molecule has 0 spiro atoms. The van der Waals surface area contributed by atoms with Crippen molar-refractivity contribution in [1.82, 2.24) is 0 Å². The number of rotatable bonds is 3. The van der Waals surface area contributed by atoms with Crippen LogP contribution in [0.3, 0.4) is 0 Å². The molecule has 1 aliphatic rings. The minimum absolute atomic E-state index is 0.220. The molecule has 0 amide bonds. The van der Waals surface area contributed by atoms with Crippen LogP contribution in [-0.2, 0) is 0 Å². The summed E-state index contributed by atoms with van der Waals surface area (Å²) in [7, 11) is -15.3. The van der Waals surface area contributed by atoms with Gasteiger partial charge in [-0.05, 0) is 6.42 Å². The van der Waals surface area contributed by atoms with Crippen molar-refractivity contribution in [3.63, 3.8) is 0 Å². The Morgan fingerprint density at radius 2 is 1.40 bits per heavy atom. The minimum Gasteiger partial charge on any atom is -0.183 e. The number of unbranched alkanes of at least 4 members (excludes halogenated alkanes) is 1. The van der Waals surface area contributed by atoms with Crippen LogP contribution in [0.15, 0.2) is 13.5 Å². The van der Waals surface area contributed by atoms with Crippen molar-refractivity contribution in [3.05, 3.63) is 0 Å². The van der Waals surface area contributed by atoms with Crippen LogP contribution < -0.4 is 0 Å². The number of hydrogen-bond acceptors (Lipinski definition) is 3. The molecule has 11 heteroatoms. The van der Waals surface area contributed by atoms with E-state index in [9.17, 15) is 21.0 Å². The molecule has 0 aliphatic carbocycles. The molecule has 15 heavy (non-hydrogen) atoms. The van der Waals surface area contributed by atoms with Gasteiger partial charge < -0.3 is 0 Å². The first-order chi connectivity index (χ1) is 6.68. The molecule has 1 rings (SSSR count). The predicted octanol–water partition coefficient (Wildman–Crippen LogP) is 6.57. The Morgan fingerprint density at radius 3 is 1.87 bits per heavy atom. The normalized spacial score (nSPS) is 32.4. The molecule has 0 aromatic carbocycles. The summed E-state index contributed by atoms with van der Waals surface area (Å²) < 4.78 is 71.3. The molecule has 0 saturated heterocycles. The van der Waals surface area contributed by atoms with E-state index >= 15 is 0 Å². The molecular weight excluding hydrogens is 278 g/mol. The van der Waals surface area contributed by atoms with Gasteiger partial charge in [0.1, 0.15) is 0 Å². The van der Waals surface area contributed by atoms with Crippen molar-refractivity contribution in [3.8, 4) is 0 Å². The first-order valence-electron chi connectivity index (χ1n) is 4.07. The maximum atomic E-state index is 13.6. The van der Waals surface area contributed by atoms with E-state index in [1.165, 1.54) is 0 Å². The van der Waals surface area contributed by atoms with Crippen LogP contribution in [0, 0.1) is 0 Å². The Morgan fingerprint density at radius 1 is 0.867 bits per heavy atom. The van der Waals surface area contributed by atoms with Crippen molar-refractivity contribution in [2.24, 2.45) is 13.5 Å². The topological polar surface area (TPSA) is 37.1 Å². The van der Waals surface area contributed by atoms with E-state index in [-0.39, 0.29) is 6.42 Å². The van der Waals surface area contributed by atoms with Crippen LogP contribution in [-0.4, -0.2) is 6.16 Å². The summed E-state index contributed by atoms with van der Waals surface area (Å²) in [4.78, 5) is 0. The molecule has 0 saturated carbocycles. The van der Waals surface area contributed by atoms with Gasteiger partial charge in [-0.2, -0.15) is 13.2 Å². The molecule has 90 valence electrons. The Kier molecular flexibility index (Phi) is 3.85. The van der Waals surface area contributed by atoms with Gasteiger partial charge >= 0.3 is 15.7 Å². The Bertz CT molecular complexity index is 398. The summed E-state index contributed by atoms with van der Waals surface area (Å²) in [5.74, 6) is 0. The van der Waals surface area contributed by atoms with Gasteiger partial charge in [0, 0.05) is 6.16 Å². The lowest BCUT2D eigenvalue weighted by atomic mass is 10.4. The summed E-state index contributed by atoms with van der Waals surface area (Å²) in [5.41, 5.74) is 0. The fraction of sp³-hybridized carbons (Fsp3) is 1.00. The molecule has 1 atom stereocenters. The average Bonchev–Trinajstić information content (AvgIpc) is 1.93. The fourth-order valence-corrected chi connectivity index (χ4v) is 7.47. The second kappa shape index (κ2) is 4.31. The van der Waals surface area contributed by atoms with E-state index in [0.717, 1.165) is 0 Å². The van der Waals surface area contributed by atoms with E-state index in [2.05, 4.69) is 9.03 Å². The molecule has 0 bridgehead atoms.